The third-order valence-corrected chi connectivity index (χ3v) is 3.41. The largest absolute Gasteiger partial charge is 0.365 e. The molecule has 0 amide bonds. The number of anilines is 1. The molecule has 2 rings (SSSR count). The molecule has 0 unspecified atom stereocenters. The van der Waals surface area contributed by atoms with Crippen molar-refractivity contribution in [3.05, 3.63) is 10.7 Å². The van der Waals surface area contributed by atoms with Crippen LogP contribution in [-0.4, -0.2) is 18.6 Å². The highest BCUT2D eigenvalue weighted by atomic mass is 32.1. The van der Waals surface area contributed by atoms with Crippen molar-refractivity contribution in [3.8, 4) is 0 Å². The summed E-state index contributed by atoms with van der Waals surface area (Å²) in [6.07, 6.45) is 3.77. The maximum Gasteiger partial charge on any atom is 0.114 e. The van der Waals surface area contributed by atoms with E-state index in [9.17, 15) is 0 Å². The zero-order chi connectivity index (χ0) is 8.55. The first-order valence-corrected chi connectivity index (χ1v) is 5.26. The highest BCUT2D eigenvalue weighted by Crippen LogP contribution is 2.30. The van der Waals surface area contributed by atoms with Gasteiger partial charge in [-0.25, -0.2) is 4.98 Å². The normalized spacial score (nSPS) is 17.3. The van der Waals surface area contributed by atoms with Crippen LogP contribution in [0.3, 0.4) is 0 Å². The molecule has 3 heteroatoms. The van der Waals surface area contributed by atoms with Crippen molar-refractivity contribution in [3.63, 3.8) is 0 Å². The number of hydrogen-bond acceptors (Lipinski definition) is 3. The van der Waals surface area contributed by atoms with Gasteiger partial charge in [0.25, 0.3) is 0 Å². The second-order valence-corrected chi connectivity index (χ2v) is 4.55. The molecule has 0 fully saturated rings. The van der Waals surface area contributed by atoms with E-state index in [1.807, 2.05) is 11.3 Å². The Labute approximate surface area is 77.2 Å². The highest BCUT2D eigenvalue weighted by molar-refractivity contribution is 7.15. The molecular formula is C9H14N2S. The summed E-state index contributed by atoms with van der Waals surface area (Å²) in [6, 6.07) is 0. The molecule has 66 valence electrons. The number of aromatic nitrogens is 1. The minimum absolute atomic E-state index is 1.17. The standard InChI is InChI=1S/C9H14N2S/c1-7-10-8-5-3-4-6-11(2)9(8)12-7/h3-6H2,1-2H3. The molecule has 2 heterocycles. The van der Waals surface area contributed by atoms with Crippen LogP contribution in [0.1, 0.15) is 23.5 Å². The number of hydrogen-bond donors (Lipinski definition) is 0. The molecular weight excluding hydrogens is 168 g/mol. The van der Waals surface area contributed by atoms with Gasteiger partial charge in [0, 0.05) is 13.6 Å². The van der Waals surface area contributed by atoms with Crippen LogP contribution in [0.2, 0.25) is 0 Å². The van der Waals surface area contributed by atoms with Gasteiger partial charge >= 0.3 is 0 Å². The summed E-state index contributed by atoms with van der Waals surface area (Å²) in [6.45, 7) is 3.28. The van der Waals surface area contributed by atoms with Crippen LogP contribution in [0, 0.1) is 6.92 Å². The van der Waals surface area contributed by atoms with Crippen molar-refractivity contribution < 1.29 is 0 Å². The fraction of sp³-hybridized carbons (Fsp3) is 0.667. The molecule has 0 aliphatic carbocycles. The van der Waals surface area contributed by atoms with Gasteiger partial charge in [-0.15, -0.1) is 11.3 Å². The summed E-state index contributed by atoms with van der Waals surface area (Å²) in [5.74, 6) is 0. The predicted molar refractivity (Wildman–Crippen MR) is 53.1 cm³/mol. The first-order chi connectivity index (χ1) is 5.77. The van der Waals surface area contributed by atoms with Crippen LogP contribution >= 0.6 is 11.3 Å². The summed E-state index contributed by atoms with van der Waals surface area (Å²) in [7, 11) is 2.17. The molecule has 12 heavy (non-hydrogen) atoms. The van der Waals surface area contributed by atoms with Crippen LogP contribution in [-0.2, 0) is 6.42 Å². The lowest BCUT2D eigenvalue weighted by Gasteiger charge is -2.14. The maximum absolute atomic E-state index is 4.54. The van der Waals surface area contributed by atoms with Gasteiger partial charge in [0.05, 0.1) is 10.7 Å². The van der Waals surface area contributed by atoms with Gasteiger partial charge < -0.3 is 4.90 Å². The number of nitrogens with zero attached hydrogens (tertiary/aromatic N) is 2. The van der Waals surface area contributed by atoms with E-state index in [0.29, 0.717) is 0 Å². The lowest BCUT2D eigenvalue weighted by atomic mass is 10.2. The number of thiazole rings is 1. The van der Waals surface area contributed by atoms with Crippen LogP contribution in [0.4, 0.5) is 5.00 Å². The third kappa shape index (κ3) is 1.33. The zero-order valence-corrected chi connectivity index (χ0v) is 8.45. The van der Waals surface area contributed by atoms with E-state index in [0.717, 1.165) is 0 Å². The fourth-order valence-corrected chi connectivity index (χ4v) is 2.61. The smallest absolute Gasteiger partial charge is 0.114 e. The molecule has 0 spiro atoms. The molecule has 0 radical (unpaired) electrons. The molecule has 1 aliphatic heterocycles. The molecule has 1 aromatic heterocycles. The van der Waals surface area contributed by atoms with E-state index < -0.39 is 0 Å². The first-order valence-electron chi connectivity index (χ1n) is 4.45. The SMILES string of the molecule is Cc1nc2c(s1)N(C)CCCC2. The van der Waals surface area contributed by atoms with Gasteiger partial charge in [0.2, 0.25) is 0 Å². The second kappa shape index (κ2) is 3.05. The van der Waals surface area contributed by atoms with Crippen LogP contribution in [0.15, 0.2) is 0 Å². The molecule has 0 saturated carbocycles. The van der Waals surface area contributed by atoms with Crippen LogP contribution in [0.25, 0.3) is 0 Å². The van der Waals surface area contributed by atoms with Gasteiger partial charge in [0.15, 0.2) is 0 Å². The van der Waals surface area contributed by atoms with Crippen LogP contribution in [0.5, 0.6) is 0 Å². The summed E-state index contributed by atoms with van der Waals surface area (Å²) in [4.78, 5) is 6.88. The van der Waals surface area contributed by atoms with E-state index in [2.05, 4.69) is 23.9 Å². The molecule has 0 atom stereocenters. The Bertz CT molecular complexity index is 280. The van der Waals surface area contributed by atoms with Crippen molar-refractivity contribution >= 4 is 16.3 Å². The molecule has 0 N–H and O–H groups in total. The van der Waals surface area contributed by atoms with Crippen molar-refractivity contribution in [1.29, 1.82) is 0 Å². The topological polar surface area (TPSA) is 16.1 Å². The Kier molecular flexibility index (Phi) is 2.05. The Morgan fingerprint density at radius 3 is 3.08 bits per heavy atom. The van der Waals surface area contributed by atoms with E-state index in [1.165, 1.54) is 41.5 Å². The summed E-state index contributed by atoms with van der Waals surface area (Å²) in [5.41, 5.74) is 1.32. The van der Waals surface area contributed by atoms with E-state index in [4.69, 9.17) is 0 Å². The molecule has 1 aliphatic rings. The molecule has 2 nitrogen and oxygen atoms in total. The monoisotopic (exact) mass is 182 g/mol. The van der Waals surface area contributed by atoms with Crippen molar-refractivity contribution in [2.75, 3.05) is 18.5 Å². The molecule has 0 bridgehead atoms. The first kappa shape index (κ1) is 8.05. The van der Waals surface area contributed by atoms with Gasteiger partial charge in [-0.05, 0) is 26.2 Å². The fourth-order valence-electron chi connectivity index (χ4n) is 1.66. The van der Waals surface area contributed by atoms with Crippen molar-refractivity contribution in [1.82, 2.24) is 4.98 Å². The van der Waals surface area contributed by atoms with E-state index >= 15 is 0 Å². The highest BCUT2D eigenvalue weighted by Gasteiger charge is 2.15. The summed E-state index contributed by atoms with van der Waals surface area (Å²) < 4.78 is 0. The summed E-state index contributed by atoms with van der Waals surface area (Å²) in [5, 5.41) is 2.60. The minimum Gasteiger partial charge on any atom is -0.365 e. The zero-order valence-electron chi connectivity index (χ0n) is 7.63. The van der Waals surface area contributed by atoms with Crippen molar-refractivity contribution in [2.45, 2.75) is 26.2 Å². The lowest BCUT2D eigenvalue weighted by molar-refractivity contribution is 0.744. The van der Waals surface area contributed by atoms with Gasteiger partial charge in [-0.1, -0.05) is 0 Å². The maximum atomic E-state index is 4.54. The number of aryl methyl sites for hydroxylation is 2. The number of rotatable bonds is 0. The van der Waals surface area contributed by atoms with Crippen molar-refractivity contribution in [2.24, 2.45) is 0 Å². The van der Waals surface area contributed by atoms with E-state index in [1.54, 1.807) is 0 Å². The summed E-state index contributed by atoms with van der Waals surface area (Å²) >= 11 is 1.83. The van der Waals surface area contributed by atoms with Crippen LogP contribution < -0.4 is 4.90 Å². The molecule has 0 aromatic carbocycles. The lowest BCUT2D eigenvalue weighted by Crippen LogP contribution is -2.16. The Hall–Kier alpha value is -0.570. The molecule has 1 aromatic rings. The minimum atomic E-state index is 1.17. The average Bonchev–Trinajstić information content (AvgIpc) is 2.33. The van der Waals surface area contributed by atoms with E-state index in [-0.39, 0.29) is 0 Å². The van der Waals surface area contributed by atoms with Gasteiger partial charge in [-0.2, -0.15) is 0 Å². The predicted octanol–water partition coefficient (Wildman–Crippen LogP) is 2.22. The number of fused-ring (bicyclic) bond motifs is 1. The third-order valence-electron chi connectivity index (χ3n) is 2.29. The Morgan fingerprint density at radius 1 is 1.42 bits per heavy atom. The Morgan fingerprint density at radius 2 is 2.25 bits per heavy atom. The Balaban J connectivity index is 2.38. The van der Waals surface area contributed by atoms with Gasteiger partial charge in [0.1, 0.15) is 5.00 Å². The van der Waals surface area contributed by atoms with Gasteiger partial charge in [-0.3, -0.25) is 0 Å². The quantitative estimate of drug-likeness (QED) is 0.611. The average molecular weight is 182 g/mol. The molecule has 0 saturated heterocycles. The second-order valence-electron chi connectivity index (χ2n) is 3.36.